The molecule has 3 saturated heterocycles. The van der Waals surface area contributed by atoms with Crippen molar-refractivity contribution in [3.8, 4) is 6.07 Å². The first-order chi connectivity index (χ1) is 17.5. The predicted molar refractivity (Wildman–Crippen MR) is 122 cm³/mol. The minimum Gasteiger partial charge on any atom is -0.356 e. The van der Waals surface area contributed by atoms with Gasteiger partial charge >= 0.3 is 12.1 Å². The molecule has 3 aliphatic heterocycles. The number of alkyl halides is 5. The van der Waals surface area contributed by atoms with Crippen molar-refractivity contribution < 1.29 is 41.1 Å². The van der Waals surface area contributed by atoms with E-state index in [0.717, 1.165) is 4.90 Å². The van der Waals surface area contributed by atoms with E-state index in [0.29, 0.717) is 19.4 Å². The highest BCUT2D eigenvalue weighted by Crippen LogP contribution is 2.49. The summed E-state index contributed by atoms with van der Waals surface area (Å²) >= 11 is 0. The zero-order valence-corrected chi connectivity index (χ0v) is 21.3. The molecule has 0 radical (unpaired) electrons. The second-order valence-corrected chi connectivity index (χ2v) is 11.3. The maximum Gasteiger partial charge on any atom is 0.471 e. The molecule has 38 heavy (non-hydrogen) atoms. The molecule has 3 heterocycles. The third kappa shape index (κ3) is 6.18. The van der Waals surface area contributed by atoms with Gasteiger partial charge in [0.1, 0.15) is 18.1 Å². The highest BCUT2D eigenvalue weighted by molar-refractivity contribution is 5.94. The van der Waals surface area contributed by atoms with Crippen LogP contribution in [0.5, 0.6) is 0 Å². The van der Waals surface area contributed by atoms with Gasteiger partial charge in [0.2, 0.25) is 17.7 Å². The lowest BCUT2D eigenvalue weighted by Gasteiger charge is -2.55. The van der Waals surface area contributed by atoms with Crippen LogP contribution >= 0.6 is 0 Å². The Morgan fingerprint density at radius 1 is 1.16 bits per heavy atom. The average molecular weight is 550 g/mol. The number of hydrogen-bond donors (Lipinski definition) is 3. The molecule has 0 spiro atoms. The number of halogens is 5. The number of nitriles is 1. The first-order valence-electron chi connectivity index (χ1n) is 12.5. The summed E-state index contributed by atoms with van der Waals surface area (Å²) in [7, 11) is 0. The Labute approximate surface area is 216 Å². The number of nitrogens with zero attached hydrogens (tertiary/aromatic N) is 2. The molecule has 212 valence electrons. The topological polar surface area (TPSA) is 131 Å². The Kier molecular flexibility index (Phi) is 8.29. The average Bonchev–Trinajstić information content (AvgIpc) is 2.80. The lowest BCUT2D eigenvalue weighted by Crippen LogP contribution is -2.71. The fourth-order valence-corrected chi connectivity index (χ4v) is 5.58. The van der Waals surface area contributed by atoms with Gasteiger partial charge in [-0.25, -0.2) is 8.78 Å². The van der Waals surface area contributed by atoms with Gasteiger partial charge in [-0.1, -0.05) is 20.8 Å². The summed E-state index contributed by atoms with van der Waals surface area (Å²) in [4.78, 5) is 51.7. The normalized spacial score (nSPS) is 28.5. The monoisotopic (exact) mass is 549 g/mol. The van der Waals surface area contributed by atoms with E-state index in [1.807, 2.05) is 6.07 Å². The van der Waals surface area contributed by atoms with Crippen molar-refractivity contribution in [2.45, 2.75) is 95.6 Å². The van der Waals surface area contributed by atoms with Crippen LogP contribution in [0.3, 0.4) is 0 Å². The van der Waals surface area contributed by atoms with Crippen LogP contribution in [0.1, 0.15) is 59.3 Å². The van der Waals surface area contributed by atoms with E-state index in [9.17, 15) is 46.4 Å². The first-order valence-corrected chi connectivity index (χ1v) is 12.5. The summed E-state index contributed by atoms with van der Waals surface area (Å²) in [6.45, 7) is 4.69. The molecular weight excluding hydrogens is 517 g/mol. The summed E-state index contributed by atoms with van der Waals surface area (Å²) in [6, 6.07) is -4.06. The molecule has 1 saturated carbocycles. The Bertz CT molecular complexity index is 1010. The molecule has 0 aromatic carbocycles. The second kappa shape index (κ2) is 10.6. The van der Waals surface area contributed by atoms with E-state index in [1.165, 1.54) is 20.8 Å². The molecule has 9 nitrogen and oxygen atoms in total. The van der Waals surface area contributed by atoms with E-state index >= 15 is 0 Å². The molecule has 4 fully saturated rings. The number of fused-ring (bicyclic) bond motifs is 3. The van der Waals surface area contributed by atoms with Crippen molar-refractivity contribution in [3.63, 3.8) is 0 Å². The zero-order valence-electron chi connectivity index (χ0n) is 21.3. The van der Waals surface area contributed by atoms with E-state index in [1.54, 1.807) is 5.32 Å². The number of carbonyl (C=O) groups excluding carboxylic acids is 4. The largest absolute Gasteiger partial charge is 0.471 e. The summed E-state index contributed by atoms with van der Waals surface area (Å²) < 4.78 is 68.9. The standard InChI is InChI=1S/C24H32F5N5O4/c1-22(2,3)17(33-21(38)24(27,28)29)20(37)34-14-6-7-15(23(25,26)10-14)16(34)19(36)32-13(11-30)9-12-5-4-8-31-18(12)35/h12-17H,4-10H2,1-3H3,(H,31,35)(H,32,36)(H,33,38)/t12-,13+,14+,15+,16+,17-/m1/s1. The van der Waals surface area contributed by atoms with Gasteiger partial charge < -0.3 is 20.9 Å². The fourth-order valence-electron chi connectivity index (χ4n) is 5.58. The van der Waals surface area contributed by atoms with Gasteiger partial charge in [0, 0.05) is 24.9 Å². The van der Waals surface area contributed by atoms with Crippen LogP contribution in [-0.2, 0) is 19.2 Å². The smallest absolute Gasteiger partial charge is 0.356 e. The minimum atomic E-state index is -5.29. The molecule has 0 aromatic heterocycles. The van der Waals surface area contributed by atoms with Gasteiger partial charge in [0.25, 0.3) is 5.92 Å². The maximum absolute atomic E-state index is 14.9. The van der Waals surface area contributed by atoms with E-state index < -0.39 is 77.7 Å². The fraction of sp³-hybridized carbons (Fsp3) is 0.792. The van der Waals surface area contributed by atoms with Crippen LogP contribution in [0.2, 0.25) is 0 Å². The molecule has 0 unspecified atom stereocenters. The molecule has 2 bridgehead atoms. The second-order valence-electron chi connectivity index (χ2n) is 11.3. The van der Waals surface area contributed by atoms with Gasteiger partial charge in [-0.15, -0.1) is 0 Å². The number of nitrogens with one attached hydrogen (secondary N) is 3. The summed E-state index contributed by atoms with van der Waals surface area (Å²) in [5.41, 5.74) is -1.26. The highest BCUT2D eigenvalue weighted by atomic mass is 19.4. The molecular formula is C24H32F5N5O4. The number of rotatable bonds is 6. The van der Waals surface area contributed by atoms with Gasteiger partial charge in [0.05, 0.1) is 12.0 Å². The summed E-state index contributed by atoms with van der Waals surface area (Å²) in [6.07, 6.45) is -5.00. The van der Waals surface area contributed by atoms with E-state index in [4.69, 9.17) is 0 Å². The number of amides is 4. The van der Waals surface area contributed by atoms with Crippen molar-refractivity contribution in [1.29, 1.82) is 5.26 Å². The maximum atomic E-state index is 14.9. The molecule has 0 aromatic rings. The molecule has 4 amide bonds. The zero-order chi connectivity index (χ0) is 28.6. The quantitative estimate of drug-likeness (QED) is 0.437. The third-order valence-electron chi connectivity index (χ3n) is 7.50. The minimum absolute atomic E-state index is 0.0640. The summed E-state index contributed by atoms with van der Waals surface area (Å²) in [5.74, 6) is -10.3. The number of piperidine rings is 3. The van der Waals surface area contributed by atoms with Crippen molar-refractivity contribution in [3.05, 3.63) is 0 Å². The molecule has 3 N–H and O–H groups in total. The van der Waals surface area contributed by atoms with Crippen molar-refractivity contribution >= 4 is 23.6 Å². The van der Waals surface area contributed by atoms with Crippen LogP contribution in [0.15, 0.2) is 0 Å². The first kappa shape index (κ1) is 29.6. The van der Waals surface area contributed by atoms with Gasteiger partial charge in [-0.2, -0.15) is 18.4 Å². The summed E-state index contributed by atoms with van der Waals surface area (Å²) in [5, 5.41) is 16.3. The Balaban J connectivity index is 1.90. The molecule has 1 aliphatic carbocycles. The Hall–Kier alpha value is -2.98. The number of hydrogen-bond acceptors (Lipinski definition) is 5. The van der Waals surface area contributed by atoms with Crippen LogP contribution in [-0.4, -0.2) is 71.3 Å². The van der Waals surface area contributed by atoms with E-state index in [-0.39, 0.29) is 25.2 Å². The van der Waals surface area contributed by atoms with E-state index in [2.05, 4.69) is 10.6 Å². The molecule has 14 heteroatoms. The van der Waals surface area contributed by atoms with Crippen LogP contribution < -0.4 is 16.0 Å². The lowest BCUT2D eigenvalue weighted by atomic mass is 9.70. The predicted octanol–water partition coefficient (Wildman–Crippen LogP) is 2.02. The van der Waals surface area contributed by atoms with Gasteiger partial charge in [-0.05, 0) is 37.5 Å². The molecule has 4 rings (SSSR count). The van der Waals surface area contributed by atoms with Crippen LogP contribution in [0, 0.1) is 28.6 Å². The molecule has 6 atom stereocenters. The lowest BCUT2D eigenvalue weighted by molar-refractivity contribution is -0.197. The third-order valence-corrected chi connectivity index (χ3v) is 7.50. The Morgan fingerprint density at radius 2 is 1.82 bits per heavy atom. The van der Waals surface area contributed by atoms with Crippen LogP contribution in [0.25, 0.3) is 0 Å². The van der Waals surface area contributed by atoms with Gasteiger partial charge in [0.15, 0.2) is 0 Å². The number of carbonyl (C=O) groups is 4. The Morgan fingerprint density at radius 3 is 2.34 bits per heavy atom. The SMILES string of the molecule is CC(C)(C)[C@H](NC(=O)C(F)(F)F)C(=O)N1[C@H]2CC[C@@H]([C@H]1C(=O)N[C@H](C#N)C[C@H]1CCCNC1=O)C(F)(F)C2. The highest BCUT2D eigenvalue weighted by Gasteiger charge is 2.61. The van der Waals surface area contributed by atoms with Crippen molar-refractivity contribution in [2.24, 2.45) is 17.3 Å². The van der Waals surface area contributed by atoms with Crippen LogP contribution in [0.4, 0.5) is 22.0 Å². The van der Waals surface area contributed by atoms with Crippen molar-refractivity contribution in [2.75, 3.05) is 6.54 Å². The van der Waals surface area contributed by atoms with Crippen molar-refractivity contribution in [1.82, 2.24) is 20.9 Å². The van der Waals surface area contributed by atoms with Gasteiger partial charge in [-0.3, -0.25) is 19.2 Å². The molecule has 4 aliphatic rings.